The van der Waals surface area contributed by atoms with Crippen LogP contribution >= 0.6 is 23.4 Å². The lowest BCUT2D eigenvalue weighted by Crippen LogP contribution is -2.26. The zero-order valence-electron chi connectivity index (χ0n) is 9.89. The lowest BCUT2D eigenvalue weighted by Gasteiger charge is -2.20. The van der Waals surface area contributed by atoms with Gasteiger partial charge in [0, 0.05) is 28.8 Å². The summed E-state index contributed by atoms with van der Waals surface area (Å²) < 4.78 is 13.2. The Balaban J connectivity index is 2.27. The van der Waals surface area contributed by atoms with E-state index in [2.05, 4.69) is 19.2 Å². The molecule has 1 heterocycles. The van der Waals surface area contributed by atoms with Crippen LogP contribution in [0.4, 0.5) is 4.39 Å². The Hall–Kier alpha value is -0.510. The van der Waals surface area contributed by atoms with Crippen LogP contribution in [0, 0.1) is 5.82 Å². The van der Waals surface area contributed by atoms with Gasteiger partial charge in [0.2, 0.25) is 0 Å². The first-order valence-electron chi connectivity index (χ1n) is 5.61. The SMILES string of the molecule is CC(C)NCC1=C(Cl)c2cc(F)ccc2SC1. The van der Waals surface area contributed by atoms with Crippen LogP contribution in [-0.2, 0) is 0 Å². The van der Waals surface area contributed by atoms with Crippen LogP contribution in [0.15, 0.2) is 28.7 Å². The van der Waals surface area contributed by atoms with Gasteiger partial charge in [0.25, 0.3) is 0 Å². The summed E-state index contributed by atoms with van der Waals surface area (Å²) in [4.78, 5) is 1.06. The van der Waals surface area contributed by atoms with Gasteiger partial charge in [-0.25, -0.2) is 4.39 Å². The molecule has 0 atom stereocenters. The average Bonchev–Trinajstić information content (AvgIpc) is 2.29. The predicted octanol–water partition coefficient (Wildman–Crippen LogP) is 3.88. The highest BCUT2D eigenvalue weighted by atomic mass is 35.5. The molecule has 17 heavy (non-hydrogen) atoms. The van der Waals surface area contributed by atoms with Gasteiger partial charge < -0.3 is 5.32 Å². The van der Waals surface area contributed by atoms with Gasteiger partial charge in [-0.2, -0.15) is 0 Å². The Morgan fingerprint density at radius 1 is 1.47 bits per heavy atom. The Kier molecular flexibility index (Phi) is 4.13. The van der Waals surface area contributed by atoms with Gasteiger partial charge in [-0.3, -0.25) is 0 Å². The summed E-state index contributed by atoms with van der Waals surface area (Å²) in [6.07, 6.45) is 0. The number of benzene rings is 1. The summed E-state index contributed by atoms with van der Waals surface area (Å²) in [6, 6.07) is 5.21. The zero-order chi connectivity index (χ0) is 12.4. The molecule has 0 fully saturated rings. The van der Waals surface area contributed by atoms with Crippen molar-refractivity contribution in [3.05, 3.63) is 35.2 Å². The van der Waals surface area contributed by atoms with Gasteiger partial charge in [-0.15, -0.1) is 11.8 Å². The minimum atomic E-state index is -0.236. The molecule has 0 saturated heterocycles. The highest BCUT2D eigenvalue weighted by Crippen LogP contribution is 2.39. The van der Waals surface area contributed by atoms with Gasteiger partial charge in [-0.05, 0) is 23.8 Å². The zero-order valence-corrected chi connectivity index (χ0v) is 11.5. The number of thioether (sulfide) groups is 1. The smallest absolute Gasteiger partial charge is 0.123 e. The van der Waals surface area contributed by atoms with Crippen LogP contribution in [0.1, 0.15) is 19.4 Å². The van der Waals surface area contributed by atoms with Crippen molar-refractivity contribution in [3.63, 3.8) is 0 Å². The predicted molar refractivity (Wildman–Crippen MR) is 73.0 cm³/mol. The van der Waals surface area contributed by atoms with Crippen molar-refractivity contribution in [3.8, 4) is 0 Å². The molecular formula is C13H15ClFNS. The molecule has 0 aliphatic carbocycles. The number of hydrogen-bond acceptors (Lipinski definition) is 2. The standard InChI is InChI=1S/C13H15ClFNS/c1-8(2)16-6-9-7-17-12-4-3-10(15)5-11(12)13(9)14/h3-5,8,16H,6-7H2,1-2H3. The Bertz CT molecular complexity index is 457. The van der Waals surface area contributed by atoms with Crippen LogP contribution in [0.3, 0.4) is 0 Å². The van der Waals surface area contributed by atoms with Crippen LogP contribution in [0.2, 0.25) is 0 Å². The molecule has 0 unspecified atom stereocenters. The van der Waals surface area contributed by atoms with E-state index in [1.165, 1.54) is 12.1 Å². The molecule has 0 amide bonds. The number of nitrogens with one attached hydrogen (secondary N) is 1. The molecule has 1 aliphatic rings. The topological polar surface area (TPSA) is 12.0 Å². The van der Waals surface area contributed by atoms with Crippen molar-refractivity contribution in [1.82, 2.24) is 5.32 Å². The van der Waals surface area contributed by atoms with E-state index in [4.69, 9.17) is 11.6 Å². The molecule has 1 nitrogen and oxygen atoms in total. The largest absolute Gasteiger partial charge is 0.311 e. The molecule has 0 saturated carbocycles. The molecule has 0 spiro atoms. The van der Waals surface area contributed by atoms with E-state index in [0.717, 1.165) is 28.3 Å². The van der Waals surface area contributed by atoms with E-state index < -0.39 is 0 Å². The van der Waals surface area contributed by atoms with Crippen LogP contribution in [0.25, 0.3) is 5.03 Å². The number of halogens is 2. The van der Waals surface area contributed by atoms with Crippen molar-refractivity contribution in [1.29, 1.82) is 0 Å². The second-order valence-corrected chi connectivity index (χ2v) is 5.78. The van der Waals surface area contributed by atoms with Crippen molar-refractivity contribution < 1.29 is 4.39 Å². The fraction of sp³-hybridized carbons (Fsp3) is 0.385. The summed E-state index contributed by atoms with van der Waals surface area (Å²) in [7, 11) is 0. The molecule has 92 valence electrons. The lowest BCUT2D eigenvalue weighted by molar-refractivity contribution is 0.621. The Morgan fingerprint density at radius 2 is 2.24 bits per heavy atom. The first-order chi connectivity index (χ1) is 8.08. The molecule has 1 aromatic rings. The molecule has 0 bridgehead atoms. The van der Waals surface area contributed by atoms with Gasteiger partial charge in [0.1, 0.15) is 5.82 Å². The third kappa shape index (κ3) is 3.03. The highest BCUT2D eigenvalue weighted by Gasteiger charge is 2.18. The summed E-state index contributed by atoms with van der Waals surface area (Å²) in [5, 5.41) is 4.04. The summed E-state index contributed by atoms with van der Waals surface area (Å²) in [5.74, 6) is 0.637. The van der Waals surface area contributed by atoms with Crippen LogP contribution in [-0.4, -0.2) is 18.3 Å². The fourth-order valence-electron chi connectivity index (χ4n) is 1.67. The second kappa shape index (κ2) is 5.42. The number of hydrogen-bond donors (Lipinski definition) is 1. The third-order valence-electron chi connectivity index (χ3n) is 2.61. The summed E-state index contributed by atoms with van der Waals surface area (Å²) >= 11 is 8.04. The Morgan fingerprint density at radius 3 is 2.94 bits per heavy atom. The van der Waals surface area contributed by atoms with Crippen molar-refractivity contribution >= 4 is 28.4 Å². The quantitative estimate of drug-likeness (QED) is 0.895. The monoisotopic (exact) mass is 271 g/mol. The molecule has 2 rings (SSSR count). The maximum absolute atomic E-state index is 13.2. The van der Waals surface area contributed by atoms with Crippen LogP contribution < -0.4 is 5.32 Å². The Labute approximate surface area is 110 Å². The van der Waals surface area contributed by atoms with Crippen molar-refractivity contribution in [2.75, 3.05) is 12.3 Å². The maximum atomic E-state index is 13.2. The van der Waals surface area contributed by atoms with E-state index in [0.29, 0.717) is 11.1 Å². The number of rotatable bonds is 3. The molecule has 4 heteroatoms. The highest BCUT2D eigenvalue weighted by molar-refractivity contribution is 7.99. The van der Waals surface area contributed by atoms with Crippen LogP contribution in [0.5, 0.6) is 0 Å². The molecular weight excluding hydrogens is 257 g/mol. The third-order valence-corrected chi connectivity index (χ3v) is 4.24. The first-order valence-corrected chi connectivity index (χ1v) is 6.98. The van der Waals surface area contributed by atoms with Gasteiger partial charge in [0.15, 0.2) is 0 Å². The average molecular weight is 272 g/mol. The van der Waals surface area contributed by atoms with E-state index in [1.807, 2.05) is 0 Å². The molecule has 0 radical (unpaired) electrons. The molecule has 1 aliphatic heterocycles. The van der Waals surface area contributed by atoms with Gasteiger partial charge in [-0.1, -0.05) is 25.4 Å². The van der Waals surface area contributed by atoms with Crippen molar-refractivity contribution in [2.45, 2.75) is 24.8 Å². The van der Waals surface area contributed by atoms with E-state index in [1.54, 1.807) is 17.8 Å². The lowest BCUT2D eigenvalue weighted by atomic mass is 10.1. The summed E-state index contributed by atoms with van der Waals surface area (Å²) in [6.45, 7) is 4.95. The fourth-order valence-corrected chi connectivity index (χ4v) is 3.16. The second-order valence-electron chi connectivity index (χ2n) is 4.38. The van der Waals surface area contributed by atoms with E-state index in [9.17, 15) is 4.39 Å². The number of fused-ring (bicyclic) bond motifs is 1. The van der Waals surface area contributed by atoms with Gasteiger partial charge in [0.05, 0.1) is 5.03 Å². The molecule has 0 aromatic heterocycles. The molecule has 1 aromatic carbocycles. The minimum absolute atomic E-state index is 0.236. The maximum Gasteiger partial charge on any atom is 0.123 e. The minimum Gasteiger partial charge on any atom is -0.311 e. The van der Waals surface area contributed by atoms with Gasteiger partial charge >= 0.3 is 0 Å². The van der Waals surface area contributed by atoms with Crippen molar-refractivity contribution in [2.24, 2.45) is 0 Å². The normalized spacial score (nSPS) is 15.4. The summed E-state index contributed by atoms with van der Waals surface area (Å²) in [5.41, 5.74) is 1.96. The van der Waals surface area contributed by atoms with E-state index >= 15 is 0 Å². The van der Waals surface area contributed by atoms with E-state index in [-0.39, 0.29) is 5.82 Å². The first kappa shape index (κ1) is 12.9. The molecule has 1 N–H and O–H groups in total.